The number of benzene rings is 2. The molecule has 2 aromatic carbocycles. The zero-order valence-electron chi connectivity index (χ0n) is 19.9. The molecule has 33 heavy (non-hydrogen) atoms. The minimum absolute atomic E-state index is 0.0799. The maximum atomic E-state index is 13.2. The van der Waals surface area contributed by atoms with Crippen molar-refractivity contribution in [2.45, 2.75) is 20.4 Å². The van der Waals surface area contributed by atoms with E-state index in [2.05, 4.69) is 19.0 Å². The number of carbonyl (C=O) groups excluding carboxylic acids is 1. The molecule has 0 N–H and O–H groups in total. The van der Waals surface area contributed by atoms with Crippen molar-refractivity contribution < 1.29 is 28.3 Å². The Morgan fingerprint density at radius 3 is 2.09 bits per heavy atom. The molecule has 0 atom stereocenters. The smallest absolute Gasteiger partial charge is 0.254 e. The second kappa shape index (κ2) is 10.8. The standard InChI is InChI=1S/C25H30N2O6/c1-16(2)14-27(25(28)17-7-9-20(29-3)10-8-17)15-19-13-21(33-26-19)18-11-22(30-4)24(32-6)23(12-18)31-5/h7-13,16H,14-15H2,1-6H3. The average molecular weight is 455 g/mol. The molecule has 0 aliphatic carbocycles. The largest absolute Gasteiger partial charge is 0.497 e. The van der Waals surface area contributed by atoms with Crippen molar-refractivity contribution in [2.24, 2.45) is 5.92 Å². The number of ether oxygens (including phenoxy) is 4. The summed E-state index contributed by atoms with van der Waals surface area (Å²) in [6.45, 7) is 5.03. The zero-order chi connectivity index (χ0) is 24.0. The van der Waals surface area contributed by atoms with Crippen LogP contribution in [-0.4, -0.2) is 50.9 Å². The van der Waals surface area contributed by atoms with Crippen molar-refractivity contribution in [3.63, 3.8) is 0 Å². The molecule has 0 aliphatic rings. The van der Waals surface area contributed by atoms with Crippen LogP contribution in [-0.2, 0) is 6.54 Å². The summed E-state index contributed by atoms with van der Waals surface area (Å²) in [5.74, 6) is 2.97. The van der Waals surface area contributed by atoms with Crippen LogP contribution in [0.2, 0.25) is 0 Å². The summed E-state index contributed by atoms with van der Waals surface area (Å²) in [6.07, 6.45) is 0. The van der Waals surface area contributed by atoms with Crippen LogP contribution in [0, 0.1) is 5.92 Å². The fraction of sp³-hybridized carbons (Fsp3) is 0.360. The lowest BCUT2D eigenvalue weighted by Gasteiger charge is -2.23. The third kappa shape index (κ3) is 5.58. The maximum absolute atomic E-state index is 13.2. The van der Waals surface area contributed by atoms with Gasteiger partial charge in [-0.3, -0.25) is 4.79 Å². The molecule has 8 nitrogen and oxygen atoms in total. The highest BCUT2D eigenvalue weighted by molar-refractivity contribution is 5.94. The molecule has 1 amide bonds. The first-order valence-corrected chi connectivity index (χ1v) is 10.6. The van der Waals surface area contributed by atoms with E-state index in [9.17, 15) is 4.79 Å². The third-order valence-electron chi connectivity index (χ3n) is 5.07. The molecule has 8 heteroatoms. The van der Waals surface area contributed by atoms with Gasteiger partial charge in [0.25, 0.3) is 5.91 Å². The number of amides is 1. The van der Waals surface area contributed by atoms with Crippen LogP contribution in [0.25, 0.3) is 11.3 Å². The molecule has 0 saturated heterocycles. The van der Waals surface area contributed by atoms with E-state index in [0.717, 1.165) is 5.56 Å². The van der Waals surface area contributed by atoms with Gasteiger partial charge in [-0.25, -0.2) is 0 Å². The van der Waals surface area contributed by atoms with E-state index in [1.807, 2.05) is 6.07 Å². The molecule has 1 heterocycles. The van der Waals surface area contributed by atoms with Crippen LogP contribution >= 0.6 is 0 Å². The lowest BCUT2D eigenvalue weighted by molar-refractivity contribution is 0.0718. The van der Waals surface area contributed by atoms with Gasteiger partial charge in [0, 0.05) is 23.7 Å². The van der Waals surface area contributed by atoms with E-state index < -0.39 is 0 Å². The summed E-state index contributed by atoms with van der Waals surface area (Å²) in [5, 5.41) is 4.19. The first-order valence-electron chi connectivity index (χ1n) is 10.6. The number of aromatic nitrogens is 1. The Bertz CT molecular complexity index is 1050. The molecule has 1 aromatic heterocycles. The van der Waals surface area contributed by atoms with E-state index >= 15 is 0 Å². The Kier molecular flexibility index (Phi) is 7.82. The minimum atomic E-state index is -0.0799. The Balaban J connectivity index is 1.86. The van der Waals surface area contributed by atoms with E-state index in [1.165, 1.54) is 0 Å². The Hall–Kier alpha value is -3.68. The lowest BCUT2D eigenvalue weighted by atomic mass is 10.1. The van der Waals surface area contributed by atoms with Gasteiger partial charge in [0.1, 0.15) is 11.4 Å². The van der Waals surface area contributed by atoms with Crippen molar-refractivity contribution in [3.8, 4) is 34.3 Å². The molecule has 3 rings (SSSR count). The zero-order valence-corrected chi connectivity index (χ0v) is 19.9. The maximum Gasteiger partial charge on any atom is 0.254 e. The SMILES string of the molecule is COc1ccc(C(=O)N(Cc2cc(-c3cc(OC)c(OC)c(OC)c3)on2)CC(C)C)cc1. The molecule has 0 spiro atoms. The first-order chi connectivity index (χ1) is 15.9. The predicted octanol–water partition coefficient (Wildman–Crippen LogP) is 4.67. The molecule has 0 aliphatic heterocycles. The summed E-state index contributed by atoms with van der Waals surface area (Å²) >= 11 is 0. The minimum Gasteiger partial charge on any atom is -0.497 e. The number of methoxy groups -OCH3 is 4. The highest BCUT2D eigenvalue weighted by Crippen LogP contribution is 2.41. The van der Waals surface area contributed by atoms with Gasteiger partial charge in [-0.15, -0.1) is 0 Å². The van der Waals surface area contributed by atoms with Crippen LogP contribution in [0.15, 0.2) is 47.0 Å². The van der Waals surface area contributed by atoms with Gasteiger partial charge in [0.2, 0.25) is 5.75 Å². The number of rotatable bonds is 10. The molecular formula is C25H30N2O6. The van der Waals surface area contributed by atoms with Gasteiger partial charge in [-0.05, 0) is 42.3 Å². The van der Waals surface area contributed by atoms with Crippen LogP contribution in [0.1, 0.15) is 29.9 Å². The number of hydrogen-bond acceptors (Lipinski definition) is 7. The second-order valence-electron chi connectivity index (χ2n) is 7.90. The van der Waals surface area contributed by atoms with Crippen LogP contribution in [0.5, 0.6) is 23.0 Å². The molecule has 0 radical (unpaired) electrons. The van der Waals surface area contributed by atoms with Gasteiger partial charge in [0.15, 0.2) is 17.3 Å². The Morgan fingerprint density at radius 1 is 0.939 bits per heavy atom. The molecule has 0 fully saturated rings. The van der Waals surface area contributed by atoms with Crippen molar-refractivity contribution >= 4 is 5.91 Å². The number of carbonyl (C=O) groups is 1. The van der Waals surface area contributed by atoms with E-state index in [-0.39, 0.29) is 11.8 Å². The van der Waals surface area contributed by atoms with E-state index in [4.69, 9.17) is 23.5 Å². The monoisotopic (exact) mass is 454 g/mol. The van der Waals surface area contributed by atoms with Crippen molar-refractivity contribution in [3.05, 3.63) is 53.7 Å². The molecule has 0 bridgehead atoms. The summed E-state index contributed by atoms with van der Waals surface area (Å²) in [6, 6.07) is 12.5. The first kappa shape index (κ1) is 24.0. The molecular weight excluding hydrogens is 424 g/mol. The fourth-order valence-electron chi connectivity index (χ4n) is 3.52. The predicted molar refractivity (Wildman–Crippen MR) is 124 cm³/mol. The number of hydrogen-bond donors (Lipinski definition) is 0. The summed E-state index contributed by atoms with van der Waals surface area (Å²) in [5.41, 5.74) is 1.95. The third-order valence-corrected chi connectivity index (χ3v) is 5.07. The van der Waals surface area contributed by atoms with Gasteiger partial charge >= 0.3 is 0 Å². The Morgan fingerprint density at radius 2 is 1.58 bits per heavy atom. The number of nitrogens with zero attached hydrogens (tertiary/aromatic N) is 2. The molecule has 0 saturated carbocycles. The van der Waals surface area contributed by atoms with Gasteiger partial charge in [-0.2, -0.15) is 0 Å². The molecule has 176 valence electrons. The quantitative estimate of drug-likeness (QED) is 0.440. The van der Waals surface area contributed by atoms with E-state index in [0.29, 0.717) is 53.1 Å². The van der Waals surface area contributed by atoms with Crippen molar-refractivity contribution in [2.75, 3.05) is 35.0 Å². The molecule has 0 unspecified atom stereocenters. The molecule has 3 aromatic rings. The summed E-state index contributed by atoms with van der Waals surface area (Å²) < 4.78 is 27.0. The van der Waals surface area contributed by atoms with Crippen LogP contribution in [0.3, 0.4) is 0 Å². The topological polar surface area (TPSA) is 83.3 Å². The van der Waals surface area contributed by atoms with Gasteiger partial charge in [0.05, 0.1) is 35.0 Å². The average Bonchev–Trinajstić information content (AvgIpc) is 3.30. The van der Waals surface area contributed by atoms with Crippen molar-refractivity contribution in [1.82, 2.24) is 10.1 Å². The van der Waals surface area contributed by atoms with E-state index in [1.54, 1.807) is 69.7 Å². The normalized spacial score (nSPS) is 10.8. The second-order valence-corrected chi connectivity index (χ2v) is 7.90. The van der Waals surface area contributed by atoms with Crippen LogP contribution < -0.4 is 18.9 Å². The van der Waals surface area contributed by atoms with Crippen molar-refractivity contribution in [1.29, 1.82) is 0 Å². The highest BCUT2D eigenvalue weighted by Gasteiger charge is 2.21. The Labute approximate surface area is 194 Å². The van der Waals surface area contributed by atoms with Gasteiger partial charge in [-0.1, -0.05) is 19.0 Å². The fourth-order valence-corrected chi connectivity index (χ4v) is 3.52. The highest BCUT2D eigenvalue weighted by atomic mass is 16.5. The summed E-state index contributed by atoms with van der Waals surface area (Å²) in [7, 11) is 6.26. The van der Waals surface area contributed by atoms with Crippen LogP contribution in [0.4, 0.5) is 0 Å². The lowest BCUT2D eigenvalue weighted by Crippen LogP contribution is -2.33. The van der Waals surface area contributed by atoms with Gasteiger partial charge < -0.3 is 28.4 Å². The summed E-state index contributed by atoms with van der Waals surface area (Å²) in [4.78, 5) is 14.9.